The topological polar surface area (TPSA) is 122 Å². The van der Waals surface area contributed by atoms with E-state index in [4.69, 9.17) is 5.11 Å². The van der Waals surface area contributed by atoms with Gasteiger partial charge in [-0.15, -0.1) is 0 Å². The minimum absolute atomic E-state index is 0.496. The molecule has 0 aromatic heterocycles. The Morgan fingerprint density at radius 2 is 1.53 bits per heavy atom. The summed E-state index contributed by atoms with van der Waals surface area (Å²) < 4.78 is 8.74. The van der Waals surface area contributed by atoms with E-state index in [2.05, 4.69) is 14.8 Å². The number of esters is 2. The molecule has 0 spiro atoms. The first-order valence-corrected chi connectivity index (χ1v) is 5.23. The van der Waals surface area contributed by atoms with Crippen LogP contribution in [0.5, 0.6) is 0 Å². The van der Waals surface area contributed by atoms with Crippen molar-refractivity contribution in [2.24, 2.45) is 0 Å². The highest BCUT2D eigenvalue weighted by Crippen LogP contribution is 1.95. The second-order valence-corrected chi connectivity index (χ2v) is 3.52. The van der Waals surface area contributed by atoms with Crippen molar-refractivity contribution in [2.75, 3.05) is 27.3 Å². The third-order valence-corrected chi connectivity index (χ3v) is 2.09. The predicted molar refractivity (Wildman–Crippen MR) is 61.2 cm³/mol. The van der Waals surface area contributed by atoms with E-state index in [0.717, 1.165) is 19.1 Å². The Morgan fingerprint density at radius 3 is 1.84 bits per heavy atom. The molecular formula is C10H16N2O7. The number of urea groups is 1. The lowest BCUT2D eigenvalue weighted by molar-refractivity contribution is -0.144. The molecule has 1 atom stereocenters. The molecule has 0 radical (unpaired) electrons. The van der Waals surface area contributed by atoms with Crippen molar-refractivity contribution in [3.8, 4) is 0 Å². The zero-order chi connectivity index (χ0) is 15.0. The van der Waals surface area contributed by atoms with Crippen molar-refractivity contribution in [3.05, 3.63) is 0 Å². The fourth-order valence-electron chi connectivity index (χ4n) is 0.979. The second kappa shape index (κ2) is 7.90. The number of carboxylic acid groups (broad SMARTS) is 1. The van der Waals surface area contributed by atoms with E-state index in [1.54, 1.807) is 0 Å². The van der Waals surface area contributed by atoms with Crippen LogP contribution in [-0.2, 0) is 23.9 Å². The maximum absolute atomic E-state index is 11.7. The molecule has 0 bridgehead atoms. The molecule has 2 amide bonds. The quantitative estimate of drug-likeness (QED) is 0.585. The average Bonchev–Trinajstić information content (AvgIpc) is 2.36. The van der Waals surface area contributed by atoms with Crippen LogP contribution in [0.1, 0.15) is 6.92 Å². The van der Waals surface area contributed by atoms with E-state index in [-0.39, 0.29) is 0 Å². The molecule has 0 saturated heterocycles. The Labute approximate surface area is 109 Å². The molecule has 0 aliphatic carbocycles. The molecule has 9 nitrogen and oxygen atoms in total. The van der Waals surface area contributed by atoms with E-state index in [1.807, 2.05) is 0 Å². The van der Waals surface area contributed by atoms with Gasteiger partial charge in [0.2, 0.25) is 0 Å². The number of nitrogens with zero attached hydrogens (tertiary/aromatic N) is 1. The van der Waals surface area contributed by atoms with Crippen LogP contribution in [0.25, 0.3) is 0 Å². The first-order chi connectivity index (χ1) is 8.81. The van der Waals surface area contributed by atoms with Gasteiger partial charge in [0.25, 0.3) is 0 Å². The van der Waals surface area contributed by atoms with Gasteiger partial charge >= 0.3 is 23.9 Å². The molecule has 2 N–H and O–H groups in total. The maximum atomic E-state index is 11.7. The van der Waals surface area contributed by atoms with Crippen LogP contribution in [0.2, 0.25) is 0 Å². The van der Waals surface area contributed by atoms with Crippen LogP contribution in [0.3, 0.4) is 0 Å². The highest BCUT2D eigenvalue weighted by molar-refractivity contribution is 5.87. The molecule has 9 heteroatoms. The maximum Gasteiger partial charge on any atom is 0.325 e. The van der Waals surface area contributed by atoms with Crippen molar-refractivity contribution in [3.63, 3.8) is 0 Å². The number of carboxylic acids is 1. The molecule has 0 saturated carbocycles. The van der Waals surface area contributed by atoms with Crippen LogP contribution in [-0.4, -0.2) is 67.3 Å². The summed E-state index contributed by atoms with van der Waals surface area (Å²) in [5.41, 5.74) is 0. The summed E-state index contributed by atoms with van der Waals surface area (Å²) in [6.07, 6.45) is 0. The standard InChI is InChI=1S/C10H16N2O7/c1-6(9(15)16)11-10(17)12(4-7(13)18-2)5-8(14)19-3/h6H,4-5H2,1-3H3,(H,11,17)(H,15,16)/t6-/m1/s1. The highest BCUT2D eigenvalue weighted by atomic mass is 16.5. The molecule has 0 rings (SSSR count). The number of rotatable bonds is 6. The normalized spacial score (nSPS) is 11.1. The van der Waals surface area contributed by atoms with Crippen molar-refractivity contribution in [1.82, 2.24) is 10.2 Å². The molecule has 0 aromatic rings. The summed E-state index contributed by atoms with van der Waals surface area (Å²) in [5, 5.41) is 10.8. The van der Waals surface area contributed by atoms with Crippen LogP contribution >= 0.6 is 0 Å². The lowest BCUT2D eigenvalue weighted by atomic mass is 10.3. The summed E-state index contributed by atoms with van der Waals surface area (Å²) >= 11 is 0. The molecule has 0 aliphatic rings. The van der Waals surface area contributed by atoms with Gasteiger partial charge in [0.15, 0.2) is 0 Å². The zero-order valence-corrected chi connectivity index (χ0v) is 10.8. The Hall–Kier alpha value is -2.32. The van der Waals surface area contributed by atoms with E-state index >= 15 is 0 Å². The monoisotopic (exact) mass is 276 g/mol. The van der Waals surface area contributed by atoms with E-state index < -0.39 is 43.1 Å². The Bertz CT molecular complexity index is 351. The summed E-state index contributed by atoms with van der Waals surface area (Å²) in [5.74, 6) is -2.74. The third kappa shape index (κ3) is 6.24. The van der Waals surface area contributed by atoms with Gasteiger partial charge in [-0.05, 0) is 6.92 Å². The number of carbonyl (C=O) groups excluding carboxylic acids is 3. The number of aliphatic carboxylic acids is 1. The van der Waals surface area contributed by atoms with E-state index in [0.29, 0.717) is 0 Å². The Morgan fingerprint density at radius 1 is 1.11 bits per heavy atom. The number of methoxy groups -OCH3 is 2. The van der Waals surface area contributed by atoms with E-state index in [9.17, 15) is 19.2 Å². The van der Waals surface area contributed by atoms with Crippen LogP contribution < -0.4 is 5.32 Å². The minimum Gasteiger partial charge on any atom is -0.480 e. The Balaban J connectivity index is 4.71. The van der Waals surface area contributed by atoms with Crippen LogP contribution in [0, 0.1) is 0 Å². The fraction of sp³-hybridized carbons (Fsp3) is 0.600. The number of hydrogen-bond donors (Lipinski definition) is 2. The van der Waals surface area contributed by atoms with Gasteiger partial charge in [-0.25, -0.2) is 4.79 Å². The van der Waals surface area contributed by atoms with Gasteiger partial charge in [0.05, 0.1) is 14.2 Å². The molecule has 0 aliphatic heterocycles. The summed E-state index contributed by atoms with van der Waals surface area (Å²) in [6, 6.07) is -2.05. The minimum atomic E-state index is -1.25. The van der Waals surface area contributed by atoms with Crippen molar-refractivity contribution < 1.29 is 33.8 Å². The average molecular weight is 276 g/mol. The number of nitrogens with one attached hydrogen (secondary N) is 1. The van der Waals surface area contributed by atoms with Gasteiger partial charge in [0, 0.05) is 0 Å². The van der Waals surface area contributed by atoms with Crippen LogP contribution in [0.15, 0.2) is 0 Å². The lowest BCUT2D eigenvalue weighted by Crippen LogP contribution is -2.50. The lowest BCUT2D eigenvalue weighted by Gasteiger charge is -2.21. The number of carbonyl (C=O) groups is 4. The zero-order valence-electron chi connectivity index (χ0n) is 10.8. The van der Waals surface area contributed by atoms with Gasteiger partial charge in [0.1, 0.15) is 19.1 Å². The number of ether oxygens (including phenoxy) is 2. The van der Waals surface area contributed by atoms with Gasteiger partial charge < -0.3 is 24.8 Å². The third-order valence-electron chi connectivity index (χ3n) is 2.09. The number of hydrogen-bond acceptors (Lipinski definition) is 6. The first-order valence-electron chi connectivity index (χ1n) is 5.23. The van der Waals surface area contributed by atoms with Gasteiger partial charge in [-0.2, -0.15) is 0 Å². The van der Waals surface area contributed by atoms with Crippen molar-refractivity contribution in [2.45, 2.75) is 13.0 Å². The molecule has 0 heterocycles. The fourth-order valence-corrected chi connectivity index (χ4v) is 0.979. The first kappa shape index (κ1) is 16.7. The van der Waals surface area contributed by atoms with Crippen LogP contribution in [0.4, 0.5) is 4.79 Å². The number of amides is 2. The van der Waals surface area contributed by atoms with E-state index in [1.165, 1.54) is 6.92 Å². The molecular weight excluding hydrogens is 260 g/mol. The molecule has 0 fully saturated rings. The molecule has 0 aromatic carbocycles. The van der Waals surface area contributed by atoms with Gasteiger partial charge in [-0.1, -0.05) is 0 Å². The molecule has 19 heavy (non-hydrogen) atoms. The SMILES string of the molecule is COC(=O)CN(CC(=O)OC)C(=O)N[C@H](C)C(=O)O. The van der Waals surface area contributed by atoms with Gasteiger partial charge in [-0.3, -0.25) is 14.4 Å². The Kier molecular flexibility index (Phi) is 6.94. The van der Waals surface area contributed by atoms with Crippen molar-refractivity contribution in [1.29, 1.82) is 0 Å². The van der Waals surface area contributed by atoms with Crippen molar-refractivity contribution >= 4 is 23.9 Å². The summed E-state index contributed by atoms with van der Waals surface area (Å²) in [7, 11) is 2.24. The highest BCUT2D eigenvalue weighted by Gasteiger charge is 2.23. The predicted octanol–water partition coefficient (Wildman–Crippen LogP) is -1.18. The molecule has 108 valence electrons. The second-order valence-electron chi connectivity index (χ2n) is 3.52. The summed E-state index contributed by atoms with van der Waals surface area (Å²) in [6.45, 7) is 0.252. The summed E-state index contributed by atoms with van der Waals surface area (Å²) in [4.78, 5) is 45.3. The largest absolute Gasteiger partial charge is 0.480 e. The molecule has 0 unspecified atom stereocenters. The smallest absolute Gasteiger partial charge is 0.325 e.